The molecule has 2 N–H and O–H groups in total. The standard InChI is InChI=1S/C11H14O2/c1-7-6-10(12)11(13)9-5-3-2-4-8(7)9/h6,12-13H,2-5H2,1H3. The molecule has 1 aliphatic carbocycles. The number of hydrogen-bond acceptors (Lipinski definition) is 2. The van der Waals surface area contributed by atoms with Crippen LogP contribution >= 0.6 is 0 Å². The van der Waals surface area contributed by atoms with Crippen LogP contribution in [0.5, 0.6) is 11.5 Å². The van der Waals surface area contributed by atoms with E-state index in [1.54, 1.807) is 6.07 Å². The molecule has 0 fully saturated rings. The maximum absolute atomic E-state index is 9.62. The van der Waals surface area contributed by atoms with E-state index >= 15 is 0 Å². The van der Waals surface area contributed by atoms with Gasteiger partial charge in [-0.1, -0.05) is 0 Å². The lowest BCUT2D eigenvalue weighted by Gasteiger charge is -2.19. The van der Waals surface area contributed by atoms with E-state index in [0.29, 0.717) is 0 Å². The minimum atomic E-state index is 0.0261. The SMILES string of the molecule is Cc1cc(O)c(O)c2c1CCCC2. The maximum Gasteiger partial charge on any atom is 0.160 e. The summed E-state index contributed by atoms with van der Waals surface area (Å²) in [5.41, 5.74) is 3.30. The predicted octanol–water partition coefficient (Wildman–Crippen LogP) is 2.29. The van der Waals surface area contributed by atoms with Gasteiger partial charge in [0, 0.05) is 5.56 Å². The summed E-state index contributed by atoms with van der Waals surface area (Å²) < 4.78 is 0. The fourth-order valence-corrected chi connectivity index (χ4v) is 2.12. The number of benzene rings is 1. The summed E-state index contributed by atoms with van der Waals surface area (Å²) in [6.07, 6.45) is 4.24. The van der Waals surface area contributed by atoms with Gasteiger partial charge in [-0.25, -0.2) is 0 Å². The molecule has 0 unspecified atom stereocenters. The Labute approximate surface area is 77.8 Å². The summed E-state index contributed by atoms with van der Waals surface area (Å²) in [6.45, 7) is 1.99. The number of hydrogen-bond donors (Lipinski definition) is 2. The summed E-state index contributed by atoms with van der Waals surface area (Å²) >= 11 is 0. The predicted molar refractivity (Wildman–Crippen MR) is 51.2 cm³/mol. The maximum atomic E-state index is 9.62. The first-order valence-corrected chi connectivity index (χ1v) is 4.73. The zero-order chi connectivity index (χ0) is 9.42. The number of rotatable bonds is 0. The average molecular weight is 178 g/mol. The fraction of sp³-hybridized carbons (Fsp3) is 0.455. The van der Waals surface area contributed by atoms with Crippen molar-refractivity contribution in [2.75, 3.05) is 0 Å². The van der Waals surface area contributed by atoms with Gasteiger partial charge in [-0.2, -0.15) is 0 Å². The van der Waals surface area contributed by atoms with Gasteiger partial charge in [0.05, 0.1) is 0 Å². The van der Waals surface area contributed by atoms with Crippen LogP contribution in [0.15, 0.2) is 6.07 Å². The zero-order valence-corrected chi connectivity index (χ0v) is 7.80. The van der Waals surface area contributed by atoms with Crippen molar-refractivity contribution in [1.82, 2.24) is 0 Å². The Morgan fingerprint density at radius 2 is 1.69 bits per heavy atom. The fourth-order valence-electron chi connectivity index (χ4n) is 2.12. The summed E-state index contributed by atoms with van der Waals surface area (Å²) in [5, 5.41) is 19.0. The van der Waals surface area contributed by atoms with Gasteiger partial charge in [0.15, 0.2) is 11.5 Å². The lowest BCUT2D eigenvalue weighted by atomic mass is 9.88. The lowest BCUT2D eigenvalue weighted by Crippen LogP contribution is -2.04. The Kier molecular flexibility index (Phi) is 1.91. The van der Waals surface area contributed by atoms with Crippen molar-refractivity contribution in [3.63, 3.8) is 0 Å². The molecule has 0 aliphatic heterocycles. The van der Waals surface area contributed by atoms with Crippen LogP contribution in [0.25, 0.3) is 0 Å². The molecule has 0 saturated carbocycles. The molecule has 0 bridgehead atoms. The van der Waals surface area contributed by atoms with Crippen LogP contribution in [0.2, 0.25) is 0 Å². The van der Waals surface area contributed by atoms with Crippen LogP contribution in [0.3, 0.4) is 0 Å². The molecule has 0 aromatic heterocycles. The first-order valence-electron chi connectivity index (χ1n) is 4.73. The molecule has 70 valence electrons. The second kappa shape index (κ2) is 2.95. The van der Waals surface area contributed by atoms with Gasteiger partial charge in [0.2, 0.25) is 0 Å². The highest BCUT2D eigenvalue weighted by Crippen LogP contribution is 2.37. The van der Waals surface area contributed by atoms with E-state index in [1.165, 1.54) is 12.0 Å². The number of phenolic OH excluding ortho intramolecular Hbond substituents is 2. The van der Waals surface area contributed by atoms with Crippen LogP contribution in [-0.4, -0.2) is 10.2 Å². The van der Waals surface area contributed by atoms with Gasteiger partial charge >= 0.3 is 0 Å². The van der Waals surface area contributed by atoms with Crippen molar-refractivity contribution >= 4 is 0 Å². The van der Waals surface area contributed by atoms with Gasteiger partial charge in [0.1, 0.15) is 0 Å². The number of aromatic hydroxyl groups is 2. The molecule has 0 saturated heterocycles. The quantitative estimate of drug-likeness (QED) is 0.598. The number of phenols is 2. The van der Waals surface area contributed by atoms with Crippen molar-refractivity contribution in [2.24, 2.45) is 0 Å². The smallest absolute Gasteiger partial charge is 0.160 e. The van der Waals surface area contributed by atoms with E-state index in [2.05, 4.69) is 0 Å². The van der Waals surface area contributed by atoms with E-state index in [9.17, 15) is 10.2 Å². The van der Waals surface area contributed by atoms with Gasteiger partial charge in [-0.3, -0.25) is 0 Å². The third-order valence-electron chi connectivity index (χ3n) is 2.83. The summed E-state index contributed by atoms with van der Waals surface area (Å²) in [5.74, 6) is 0.124. The lowest BCUT2D eigenvalue weighted by molar-refractivity contribution is 0.395. The number of aryl methyl sites for hydroxylation is 1. The van der Waals surface area contributed by atoms with Crippen molar-refractivity contribution in [3.8, 4) is 11.5 Å². The summed E-state index contributed by atoms with van der Waals surface area (Å²) in [4.78, 5) is 0. The van der Waals surface area contributed by atoms with Crippen molar-refractivity contribution in [3.05, 3.63) is 22.8 Å². The van der Waals surface area contributed by atoms with Gasteiger partial charge < -0.3 is 10.2 Å². The van der Waals surface area contributed by atoms with Crippen LogP contribution in [0.4, 0.5) is 0 Å². The molecular weight excluding hydrogens is 164 g/mol. The monoisotopic (exact) mass is 178 g/mol. The Morgan fingerprint density at radius 1 is 1.08 bits per heavy atom. The normalized spacial score (nSPS) is 15.5. The molecule has 2 rings (SSSR count). The Bertz CT molecular complexity index is 342. The second-order valence-corrected chi connectivity index (χ2v) is 3.73. The number of fused-ring (bicyclic) bond motifs is 1. The zero-order valence-electron chi connectivity index (χ0n) is 7.80. The Morgan fingerprint density at radius 3 is 2.38 bits per heavy atom. The van der Waals surface area contributed by atoms with E-state index in [-0.39, 0.29) is 11.5 Å². The highest BCUT2D eigenvalue weighted by molar-refractivity contribution is 5.53. The third kappa shape index (κ3) is 1.26. The highest BCUT2D eigenvalue weighted by atomic mass is 16.3. The molecule has 1 aromatic carbocycles. The molecular formula is C11H14O2. The van der Waals surface area contributed by atoms with E-state index in [1.807, 2.05) is 6.92 Å². The minimum Gasteiger partial charge on any atom is -0.504 e. The van der Waals surface area contributed by atoms with Gasteiger partial charge in [0.25, 0.3) is 0 Å². The Balaban J connectivity index is 2.63. The third-order valence-corrected chi connectivity index (χ3v) is 2.83. The first kappa shape index (κ1) is 8.42. The Hall–Kier alpha value is -1.18. The van der Waals surface area contributed by atoms with E-state index < -0.39 is 0 Å². The highest BCUT2D eigenvalue weighted by Gasteiger charge is 2.17. The summed E-state index contributed by atoms with van der Waals surface area (Å²) in [7, 11) is 0. The van der Waals surface area contributed by atoms with E-state index in [0.717, 1.165) is 30.4 Å². The molecule has 13 heavy (non-hydrogen) atoms. The molecule has 0 radical (unpaired) electrons. The second-order valence-electron chi connectivity index (χ2n) is 3.73. The molecule has 0 spiro atoms. The average Bonchev–Trinajstić information content (AvgIpc) is 2.15. The molecule has 2 nitrogen and oxygen atoms in total. The van der Waals surface area contributed by atoms with Crippen LogP contribution in [-0.2, 0) is 12.8 Å². The van der Waals surface area contributed by atoms with Crippen molar-refractivity contribution < 1.29 is 10.2 Å². The molecule has 0 heterocycles. The van der Waals surface area contributed by atoms with Crippen LogP contribution in [0.1, 0.15) is 29.5 Å². The van der Waals surface area contributed by atoms with Gasteiger partial charge in [-0.15, -0.1) is 0 Å². The van der Waals surface area contributed by atoms with E-state index in [4.69, 9.17) is 0 Å². The van der Waals surface area contributed by atoms with Crippen LogP contribution < -0.4 is 0 Å². The minimum absolute atomic E-state index is 0.0261. The van der Waals surface area contributed by atoms with Gasteiger partial charge in [-0.05, 0) is 49.8 Å². The molecule has 1 aromatic rings. The first-order chi connectivity index (χ1) is 6.20. The van der Waals surface area contributed by atoms with Crippen LogP contribution in [0, 0.1) is 6.92 Å². The topological polar surface area (TPSA) is 40.5 Å². The molecule has 1 aliphatic rings. The van der Waals surface area contributed by atoms with Crippen molar-refractivity contribution in [1.29, 1.82) is 0 Å². The largest absolute Gasteiger partial charge is 0.504 e. The van der Waals surface area contributed by atoms with Crippen molar-refractivity contribution in [2.45, 2.75) is 32.6 Å². The summed E-state index contributed by atoms with van der Waals surface area (Å²) in [6, 6.07) is 1.65. The molecule has 0 amide bonds. The molecule has 2 heteroatoms. The molecule has 0 atom stereocenters.